The predicted octanol–water partition coefficient (Wildman–Crippen LogP) is 8.89. The molecular formula is C46H55N3O7S. The number of nitriles is 1. The lowest BCUT2D eigenvalue weighted by Crippen LogP contribution is -2.70. The Bertz CT molecular complexity index is 1940. The largest absolute Gasteiger partial charge is 0.459 e. The highest BCUT2D eigenvalue weighted by Gasteiger charge is 2.65. The molecule has 6 rings (SSSR count). The van der Waals surface area contributed by atoms with E-state index in [0.29, 0.717) is 54.9 Å². The highest BCUT2D eigenvalue weighted by molar-refractivity contribution is 7.98. The summed E-state index contributed by atoms with van der Waals surface area (Å²) in [5.74, 6) is 0.120. The number of amides is 1. The van der Waals surface area contributed by atoms with E-state index < -0.39 is 17.7 Å². The molecule has 2 aliphatic carbocycles. The van der Waals surface area contributed by atoms with Crippen molar-refractivity contribution in [2.24, 2.45) is 22.9 Å². The number of oxime groups is 1. The van der Waals surface area contributed by atoms with Crippen molar-refractivity contribution in [2.45, 2.75) is 80.9 Å². The van der Waals surface area contributed by atoms with Gasteiger partial charge in [-0.3, -0.25) is 4.79 Å². The molecule has 1 fully saturated rings. The normalized spacial score (nSPS) is 24.0. The number of hydrogen-bond acceptors (Lipinski definition) is 10. The van der Waals surface area contributed by atoms with Gasteiger partial charge in [-0.25, -0.2) is 0 Å². The third kappa shape index (κ3) is 8.95. The zero-order valence-corrected chi connectivity index (χ0v) is 34.1. The molecule has 0 bridgehead atoms. The Morgan fingerprint density at radius 1 is 1.05 bits per heavy atom. The molecule has 1 amide bonds. The number of benzene rings is 3. The van der Waals surface area contributed by atoms with Crippen LogP contribution in [0.3, 0.4) is 0 Å². The van der Waals surface area contributed by atoms with Gasteiger partial charge < -0.3 is 34.2 Å². The minimum atomic E-state index is -1.36. The van der Waals surface area contributed by atoms with Crippen molar-refractivity contribution in [3.8, 4) is 23.3 Å². The summed E-state index contributed by atoms with van der Waals surface area (Å²) in [5, 5.41) is 33.9. The van der Waals surface area contributed by atoms with Gasteiger partial charge in [0.05, 0.1) is 29.9 Å². The highest BCUT2D eigenvalue weighted by atomic mass is 32.2. The maximum Gasteiger partial charge on any atom is 0.254 e. The number of aliphatic hydroxyl groups is 2. The first-order valence-electron chi connectivity index (χ1n) is 20.1. The number of hydrogen-bond donors (Lipinski definition) is 2. The lowest BCUT2D eigenvalue weighted by Gasteiger charge is -2.60. The van der Waals surface area contributed by atoms with E-state index >= 15 is 0 Å². The Morgan fingerprint density at radius 2 is 1.77 bits per heavy atom. The minimum Gasteiger partial charge on any atom is -0.459 e. The van der Waals surface area contributed by atoms with E-state index in [1.165, 1.54) is 0 Å². The Balaban J connectivity index is 1.57. The molecule has 3 aromatic rings. The number of allylic oxidation sites excluding steroid dienone is 1. The number of unbranched alkanes of at least 4 members (excludes halogenated alkanes) is 2. The summed E-state index contributed by atoms with van der Waals surface area (Å²) in [6, 6.07) is 22.2. The molecule has 57 heavy (non-hydrogen) atoms. The van der Waals surface area contributed by atoms with Crippen molar-refractivity contribution < 1.29 is 34.1 Å². The second kappa shape index (κ2) is 19.7. The molecule has 2 N–H and O–H groups in total. The van der Waals surface area contributed by atoms with Gasteiger partial charge in [-0.15, -0.1) is 18.3 Å². The van der Waals surface area contributed by atoms with Gasteiger partial charge in [0, 0.05) is 48.1 Å². The maximum atomic E-state index is 14.7. The van der Waals surface area contributed by atoms with E-state index in [0.717, 1.165) is 53.2 Å². The van der Waals surface area contributed by atoms with Crippen LogP contribution >= 0.6 is 11.8 Å². The number of rotatable bonds is 19. The smallest absolute Gasteiger partial charge is 0.254 e. The van der Waals surface area contributed by atoms with Gasteiger partial charge in [-0.1, -0.05) is 37.1 Å². The van der Waals surface area contributed by atoms with Crippen molar-refractivity contribution in [1.29, 1.82) is 5.26 Å². The molecule has 1 aliphatic heterocycles. The molecule has 0 saturated heterocycles. The molecule has 6 unspecified atom stereocenters. The van der Waals surface area contributed by atoms with Crippen LogP contribution in [0.25, 0.3) is 0 Å². The van der Waals surface area contributed by atoms with E-state index in [2.05, 4.69) is 29.9 Å². The average molecular weight is 794 g/mol. The Hall–Kier alpha value is -4.60. The number of aliphatic hydroxyl groups excluding tert-OH is 2. The third-order valence-corrected chi connectivity index (χ3v) is 12.2. The van der Waals surface area contributed by atoms with Crippen molar-refractivity contribution in [3.05, 3.63) is 108 Å². The number of carbonyl (C=O) groups excluding carboxylic acids is 1. The molecule has 0 radical (unpaired) electrons. The van der Waals surface area contributed by atoms with Crippen molar-refractivity contribution in [3.63, 3.8) is 0 Å². The van der Waals surface area contributed by atoms with Crippen LogP contribution in [0.1, 0.15) is 85.7 Å². The molecular weight excluding hydrogens is 739 g/mol. The molecule has 1 heterocycles. The second-order valence-electron chi connectivity index (χ2n) is 14.9. The summed E-state index contributed by atoms with van der Waals surface area (Å²) in [7, 11) is 1.54. The number of thioether (sulfide) groups is 1. The third-order valence-electron chi connectivity index (χ3n) is 11.5. The molecule has 3 aromatic carbocycles. The van der Waals surface area contributed by atoms with Crippen LogP contribution in [0.5, 0.6) is 17.2 Å². The van der Waals surface area contributed by atoms with Crippen LogP contribution in [0, 0.1) is 29.1 Å². The van der Waals surface area contributed by atoms with Crippen LogP contribution in [0.4, 0.5) is 0 Å². The predicted molar refractivity (Wildman–Crippen MR) is 223 cm³/mol. The zero-order chi connectivity index (χ0) is 40.4. The van der Waals surface area contributed by atoms with E-state index in [1.807, 2.05) is 54.5 Å². The van der Waals surface area contributed by atoms with Gasteiger partial charge in [0.25, 0.3) is 5.91 Å². The number of ether oxygens (including phenoxy) is 3. The van der Waals surface area contributed by atoms with Gasteiger partial charge in [-0.05, 0) is 122 Å². The molecule has 3 aliphatic rings. The Labute approximate surface area is 341 Å². The van der Waals surface area contributed by atoms with E-state index in [4.69, 9.17) is 19.0 Å². The van der Waals surface area contributed by atoms with Gasteiger partial charge in [0.2, 0.25) is 5.79 Å². The zero-order valence-electron chi connectivity index (χ0n) is 33.3. The fourth-order valence-corrected chi connectivity index (χ4v) is 9.50. The molecule has 1 saturated carbocycles. The molecule has 0 aromatic heterocycles. The van der Waals surface area contributed by atoms with Crippen LogP contribution < -0.4 is 9.47 Å². The summed E-state index contributed by atoms with van der Waals surface area (Å²) in [6.45, 7) is 6.88. The summed E-state index contributed by atoms with van der Waals surface area (Å²) < 4.78 is 20.9. The fraction of sp³-hybridized carbons (Fsp3) is 0.457. The quantitative estimate of drug-likeness (QED) is 0.0528. The average Bonchev–Trinajstić information content (AvgIpc) is 3.24. The van der Waals surface area contributed by atoms with E-state index in [1.54, 1.807) is 49.2 Å². The molecule has 302 valence electrons. The first-order valence-corrected chi connectivity index (χ1v) is 21.3. The van der Waals surface area contributed by atoms with E-state index in [-0.39, 0.29) is 43.5 Å². The molecule has 6 atom stereocenters. The summed E-state index contributed by atoms with van der Waals surface area (Å²) >= 11 is 1.67. The van der Waals surface area contributed by atoms with Gasteiger partial charge in [0.15, 0.2) is 0 Å². The monoisotopic (exact) mass is 793 g/mol. The maximum absolute atomic E-state index is 14.7. The van der Waals surface area contributed by atoms with Crippen LogP contribution in [-0.4, -0.2) is 78.3 Å². The minimum absolute atomic E-state index is 0.0888. The molecule has 11 heteroatoms. The highest BCUT2D eigenvalue weighted by Crippen LogP contribution is 2.62. The van der Waals surface area contributed by atoms with Gasteiger partial charge in [0.1, 0.15) is 30.4 Å². The fourth-order valence-electron chi connectivity index (χ4n) is 9.09. The van der Waals surface area contributed by atoms with E-state index in [9.17, 15) is 20.3 Å². The van der Waals surface area contributed by atoms with Crippen molar-refractivity contribution in [2.75, 3.05) is 39.7 Å². The first kappa shape index (κ1) is 42.0. The Kier molecular flexibility index (Phi) is 14.5. The van der Waals surface area contributed by atoms with Crippen LogP contribution in [-0.2, 0) is 9.57 Å². The van der Waals surface area contributed by atoms with Crippen molar-refractivity contribution >= 4 is 23.4 Å². The van der Waals surface area contributed by atoms with Crippen LogP contribution in [0.15, 0.2) is 101 Å². The number of nitrogens with zero attached hydrogens (tertiary/aromatic N) is 3. The Morgan fingerprint density at radius 3 is 2.42 bits per heavy atom. The lowest BCUT2D eigenvalue weighted by molar-refractivity contribution is -0.254. The van der Waals surface area contributed by atoms with Gasteiger partial charge in [-0.2, -0.15) is 5.26 Å². The number of fused-ring (bicyclic) bond motifs is 2. The lowest BCUT2D eigenvalue weighted by atomic mass is 9.55. The SMILES string of the molecule is C=CCOC12Oc3ccc(Oc4ccc(SC)cc4)cc3C3C(CCCCO)C(CCCCO)C=C(C(=NOC)CC1N(CCC)C(=O)c1ccc(C#N)cc1)C32. The van der Waals surface area contributed by atoms with Crippen LogP contribution in [0.2, 0.25) is 0 Å². The van der Waals surface area contributed by atoms with Gasteiger partial charge >= 0.3 is 0 Å². The summed E-state index contributed by atoms with van der Waals surface area (Å²) in [5.41, 5.74) is 3.63. The first-order chi connectivity index (χ1) is 27.9. The summed E-state index contributed by atoms with van der Waals surface area (Å²) in [4.78, 5) is 23.3. The molecule has 0 spiro atoms. The van der Waals surface area contributed by atoms with Crippen molar-refractivity contribution in [1.82, 2.24) is 4.90 Å². The standard InChI is InChI=1S/C46H55N3O7S/c1-5-23-49(45(52)32-15-13-31(30-47)14-16-32)42-29-40(48-53-3)38-27-33(11-7-9-24-50)37(12-8-10-25-51)43-39-28-35(55-34-17-20-36(57-4)21-18-34)19-22-41(39)56-46(42,44(38)43)54-26-6-2/h6,13-22,27-28,33,37,42-44,50-51H,2,5,7-12,23-26,29H2,1,3-4H3. The second-order valence-corrected chi connectivity index (χ2v) is 15.8. The summed E-state index contributed by atoms with van der Waals surface area (Å²) in [6.07, 6.45) is 11.8. The molecule has 10 nitrogen and oxygen atoms in total. The number of carbonyl (C=O) groups is 1. The topological polar surface area (TPSA) is 134 Å².